The van der Waals surface area contributed by atoms with Crippen molar-refractivity contribution >= 4 is 27.5 Å². The number of sulfone groups is 1. The number of benzene rings is 1. The topological polar surface area (TPSA) is 116 Å². The zero-order chi connectivity index (χ0) is 22.6. The van der Waals surface area contributed by atoms with Gasteiger partial charge in [-0.15, -0.1) is 0 Å². The van der Waals surface area contributed by atoms with Gasteiger partial charge in [-0.1, -0.05) is 0 Å². The first-order valence-corrected chi connectivity index (χ1v) is 12.2. The van der Waals surface area contributed by atoms with Crippen LogP contribution in [0.4, 0.5) is 0 Å². The van der Waals surface area contributed by atoms with Crippen molar-refractivity contribution in [2.45, 2.75) is 45.3 Å². The van der Waals surface area contributed by atoms with Gasteiger partial charge in [0.25, 0.3) is 5.91 Å². The normalized spacial score (nSPS) is 20.0. The lowest BCUT2D eigenvalue weighted by Crippen LogP contribution is -2.46. The molecule has 3 rings (SSSR count). The van der Waals surface area contributed by atoms with Crippen LogP contribution in [-0.2, 0) is 24.2 Å². The molecule has 2 atom stereocenters. The molecule has 1 saturated heterocycles. The number of hydrogen-bond donors (Lipinski definition) is 0. The van der Waals surface area contributed by atoms with Crippen LogP contribution in [0, 0.1) is 0 Å². The van der Waals surface area contributed by atoms with E-state index in [0.717, 1.165) is 0 Å². The summed E-state index contributed by atoms with van der Waals surface area (Å²) in [6.45, 7) is 4.39. The van der Waals surface area contributed by atoms with Crippen molar-refractivity contribution in [3.63, 3.8) is 0 Å². The van der Waals surface area contributed by atoms with E-state index in [1.165, 1.54) is 11.8 Å². The first-order chi connectivity index (χ1) is 14.7. The molecule has 0 aliphatic carbocycles. The monoisotopic (exact) mass is 453 g/mol. The van der Waals surface area contributed by atoms with Gasteiger partial charge in [0.15, 0.2) is 33.2 Å². The lowest BCUT2D eigenvalue weighted by atomic mass is 10.1. The van der Waals surface area contributed by atoms with Gasteiger partial charge in [-0.25, -0.2) is 8.42 Å². The van der Waals surface area contributed by atoms with Gasteiger partial charge in [-0.3, -0.25) is 14.4 Å². The molecule has 2 aliphatic heterocycles. The third kappa shape index (κ3) is 5.75. The summed E-state index contributed by atoms with van der Waals surface area (Å²) in [4.78, 5) is 38.7. The number of rotatable bonds is 8. The minimum atomic E-state index is -3.14. The fourth-order valence-corrected chi connectivity index (χ4v) is 5.46. The van der Waals surface area contributed by atoms with E-state index in [1.807, 2.05) is 0 Å². The molecule has 0 N–H and O–H groups in total. The van der Waals surface area contributed by atoms with Crippen LogP contribution in [0.25, 0.3) is 0 Å². The highest BCUT2D eigenvalue weighted by Crippen LogP contribution is 2.31. The maximum atomic E-state index is 12.7. The highest BCUT2D eigenvalue weighted by molar-refractivity contribution is 7.91. The van der Waals surface area contributed by atoms with Gasteiger partial charge in [-0.05, 0) is 38.5 Å². The minimum Gasteiger partial charge on any atom is -0.486 e. The number of amides is 1. The number of nitrogens with zero attached hydrogens (tertiary/aromatic N) is 1. The lowest BCUT2D eigenvalue weighted by Gasteiger charge is -2.29. The van der Waals surface area contributed by atoms with E-state index in [0.29, 0.717) is 43.2 Å². The Morgan fingerprint density at radius 1 is 1.16 bits per heavy atom. The molecule has 0 radical (unpaired) electrons. The molecule has 10 heteroatoms. The summed E-state index contributed by atoms with van der Waals surface area (Å²) in [5, 5.41) is 0. The number of ketones is 1. The second kappa shape index (κ2) is 9.67. The van der Waals surface area contributed by atoms with Gasteiger partial charge in [0.2, 0.25) is 0 Å². The molecule has 2 unspecified atom stereocenters. The SMILES string of the molecule is CCN(C(=O)C(C)OC(=O)CCC(=O)c1ccc2c(c1)OCCO2)C1CCS(=O)(=O)C1. The number of carbonyl (C=O) groups is 3. The highest BCUT2D eigenvalue weighted by atomic mass is 32.2. The molecular formula is C21H27NO8S. The molecule has 0 saturated carbocycles. The van der Waals surface area contributed by atoms with Crippen LogP contribution in [0.2, 0.25) is 0 Å². The average molecular weight is 454 g/mol. The van der Waals surface area contributed by atoms with Crippen molar-refractivity contribution in [3.8, 4) is 11.5 Å². The van der Waals surface area contributed by atoms with Gasteiger partial charge in [0.1, 0.15) is 13.2 Å². The Morgan fingerprint density at radius 3 is 2.52 bits per heavy atom. The number of ether oxygens (including phenoxy) is 3. The van der Waals surface area contributed by atoms with E-state index in [2.05, 4.69) is 0 Å². The van der Waals surface area contributed by atoms with E-state index in [-0.39, 0.29) is 30.1 Å². The summed E-state index contributed by atoms with van der Waals surface area (Å²) in [6, 6.07) is 4.45. The number of fused-ring (bicyclic) bond motifs is 1. The summed E-state index contributed by atoms with van der Waals surface area (Å²) >= 11 is 0. The van der Waals surface area contributed by atoms with E-state index in [4.69, 9.17) is 14.2 Å². The van der Waals surface area contributed by atoms with Crippen molar-refractivity contribution in [1.82, 2.24) is 4.90 Å². The molecule has 1 fully saturated rings. The van der Waals surface area contributed by atoms with Gasteiger partial charge in [0, 0.05) is 24.6 Å². The van der Waals surface area contributed by atoms with Crippen LogP contribution in [0.3, 0.4) is 0 Å². The van der Waals surface area contributed by atoms with Gasteiger partial charge < -0.3 is 19.1 Å². The standard InChI is InChI=1S/C21H27NO8S/c1-3-22(16-8-11-31(26,27)13-16)21(25)14(2)30-20(24)7-5-17(23)15-4-6-18-19(12-15)29-10-9-28-18/h4,6,12,14,16H,3,5,7-11,13H2,1-2H3. The Balaban J connectivity index is 1.50. The molecule has 9 nitrogen and oxygen atoms in total. The second-order valence-electron chi connectivity index (χ2n) is 7.59. The molecule has 1 aromatic rings. The Labute approximate surface area is 181 Å². The predicted molar refractivity (Wildman–Crippen MR) is 111 cm³/mol. The molecule has 0 aromatic heterocycles. The Bertz CT molecular complexity index is 958. The van der Waals surface area contributed by atoms with E-state index < -0.39 is 33.9 Å². The summed E-state index contributed by atoms with van der Waals surface area (Å²) < 4.78 is 39.5. The number of carbonyl (C=O) groups excluding carboxylic acids is 3. The van der Waals surface area contributed by atoms with Gasteiger partial charge >= 0.3 is 5.97 Å². The molecule has 170 valence electrons. The summed E-state index contributed by atoms with van der Waals surface area (Å²) in [6.07, 6.45) is -0.917. The highest BCUT2D eigenvalue weighted by Gasteiger charge is 2.36. The summed E-state index contributed by atoms with van der Waals surface area (Å²) in [5.41, 5.74) is 0.403. The van der Waals surface area contributed by atoms with Crippen molar-refractivity contribution in [1.29, 1.82) is 0 Å². The van der Waals surface area contributed by atoms with E-state index >= 15 is 0 Å². The quantitative estimate of drug-likeness (QED) is 0.428. The summed E-state index contributed by atoms with van der Waals surface area (Å²) in [5.74, 6) is -0.302. The zero-order valence-electron chi connectivity index (χ0n) is 17.7. The number of likely N-dealkylation sites (N-methyl/N-ethyl adjacent to an activating group) is 1. The van der Waals surface area contributed by atoms with Crippen LogP contribution in [0.15, 0.2) is 18.2 Å². The molecule has 31 heavy (non-hydrogen) atoms. The molecule has 0 spiro atoms. The Morgan fingerprint density at radius 2 is 1.87 bits per heavy atom. The number of hydrogen-bond acceptors (Lipinski definition) is 8. The molecule has 2 aliphatic rings. The van der Waals surface area contributed by atoms with Crippen molar-refractivity contribution in [2.75, 3.05) is 31.3 Å². The average Bonchev–Trinajstić information content (AvgIpc) is 3.11. The molecule has 1 aromatic carbocycles. The largest absolute Gasteiger partial charge is 0.486 e. The summed E-state index contributed by atoms with van der Waals surface area (Å²) in [7, 11) is -3.14. The Kier molecular flexibility index (Phi) is 7.19. The maximum absolute atomic E-state index is 12.7. The van der Waals surface area contributed by atoms with Gasteiger partial charge in [-0.2, -0.15) is 0 Å². The fourth-order valence-electron chi connectivity index (χ4n) is 3.73. The number of esters is 1. The van der Waals surface area contributed by atoms with Crippen molar-refractivity contribution in [3.05, 3.63) is 23.8 Å². The predicted octanol–water partition coefficient (Wildman–Crippen LogP) is 1.39. The molecular weight excluding hydrogens is 426 g/mol. The number of Topliss-reactive ketones (excluding diaryl/α,β-unsaturated/α-hetero) is 1. The first kappa shape index (κ1) is 23.1. The van der Waals surface area contributed by atoms with Crippen LogP contribution in [-0.4, -0.2) is 74.4 Å². The molecule has 2 heterocycles. The van der Waals surface area contributed by atoms with Crippen LogP contribution in [0.5, 0.6) is 11.5 Å². The minimum absolute atomic E-state index is 0.0532. The van der Waals surface area contributed by atoms with E-state index in [1.54, 1.807) is 25.1 Å². The third-order valence-corrected chi connectivity index (χ3v) is 7.10. The third-order valence-electron chi connectivity index (χ3n) is 5.35. The Hall–Kier alpha value is -2.62. The van der Waals surface area contributed by atoms with E-state index in [9.17, 15) is 22.8 Å². The van der Waals surface area contributed by atoms with Crippen LogP contribution in [0.1, 0.15) is 43.5 Å². The van der Waals surface area contributed by atoms with Crippen molar-refractivity contribution < 1.29 is 37.0 Å². The van der Waals surface area contributed by atoms with Crippen LogP contribution >= 0.6 is 0 Å². The smallest absolute Gasteiger partial charge is 0.307 e. The van der Waals surface area contributed by atoms with Crippen molar-refractivity contribution in [2.24, 2.45) is 0 Å². The maximum Gasteiger partial charge on any atom is 0.307 e. The molecule has 1 amide bonds. The fraction of sp³-hybridized carbons (Fsp3) is 0.571. The van der Waals surface area contributed by atoms with Crippen LogP contribution < -0.4 is 9.47 Å². The molecule has 0 bridgehead atoms. The zero-order valence-corrected chi connectivity index (χ0v) is 18.5. The van der Waals surface area contributed by atoms with Gasteiger partial charge in [0.05, 0.1) is 17.9 Å². The first-order valence-electron chi connectivity index (χ1n) is 10.3. The second-order valence-corrected chi connectivity index (χ2v) is 9.82. The lowest BCUT2D eigenvalue weighted by molar-refractivity contribution is -0.159.